The topological polar surface area (TPSA) is 37.3 Å². The number of hydrogen-bond acceptors (Lipinski definition) is 2. The molecule has 0 amide bonds. The number of fused-ring (bicyclic) bond motifs is 5. The molecule has 2 nitrogen and oxygen atoms in total. The molecule has 26 heavy (non-hydrogen) atoms. The van der Waals surface area contributed by atoms with Crippen LogP contribution in [-0.2, 0) is 4.79 Å². The Balaban J connectivity index is 1.58. The third-order valence-electron chi connectivity index (χ3n) is 10.4. The van der Waals surface area contributed by atoms with Gasteiger partial charge in [-0.2, -0.15) is 0 Å². The van der Waals surface area contributed by atoms with E-state index in [1.807, 2.05) is 0 Å². The van der Waals surface area contributed by atoms with Crippen molar-refractivity contribution in [1.29, 1.82) is 0 Å². The Bertz CT molecular complexity index is 558. The van der Waals surface area contributed by atoms with Crippen LogP contribution in [-0.4, -0.2) is 17.0 Å². The number of aldehydes is 1. The fourth-order valence-electron chi connectivity index (χ4n) is 8.64. The van der Waals surface area contributed by atoms with Crippen molar-refractivity contribution in [3.8, 4) is 0 Å². The molecule has 0 radical (unpaired) electrons. The van der Waals surface area contributed by atoms with Crippen molar-refractivity contribution in [3.63, 3.8) is 0 Å². The molecule has 0 spiro atoms. The highest BCUT2D eigenvalue weighted by Gasteiger charge is 2.61. The van der Waals surface area contributed by atoms with E-state index in [1.54, 1.807) is 0 Å². The summed E-state index contributed by atoms with van der Waals surface area (Å²) < 4.78 is 0. The molecule has 4 rings (SSSR count). The van der Waals surface area contributed by atoms with Crippen LogP contribution in [0.25, 0.3) is 0 Å². The predicted octanol–water partition coefficient (Wildman–Crippen LogP) is 5.62. The fraction of sp³-hybridized carbons (Fsp3) is 0.958. The summed E-state index contributed by atoms with van der Waals surface area (Å²) in [5, 5.41) is 10.9. The van der Waals surface area contributed by atoms with Crippen molar-refractivity contribution in [3.05, 3.63) is 0 Å². The highest BCUT2D eigenvalue weighted by molar-refractivity contribution is 5.53. The summed E-state index contributed by atoms with van der Waals surface area (Å²) >= 11 is 0. The van der Waals surface area contributed by atoms with Crippen LogP contribution in [0.15, 0.2) is 0 Å². The van der Waals surface area contributed by atoms with Gasteiger partial charge in [-0.1, -0.05) is 27.7 Å². The summed E-state index contributed by atoms with van der Waals surface area (Å²) in [6, 6.07) is 0. The number of rotatable bonds is 3. The van der Waals surface area contributed by atoms with Crippen molar-refractivity contribution in [1.82, 2.24) is 0 Å². The van der Waals surface area contributed by atoms with Crippen molar-refractivity contribution in [2.45, 2.75) is 97.5 Å². The number of aliphatic hydroxyl groups is 1. The summed E-state index contributed by atoms with van der Waals surface area (Å²) in [7, 11) is 0. The van der Waals surface area contributed by atoms with Gasteiger partial charge >= 0.3 is 0 Å². The lowest BCUT2D eigenvalue weighted by atomic mass is 9.43. The van der Waals surface area contributed by atoms with Gasteiger partial charge in [-0.3, -0.25) is 0 Å². The molecule has 4 saturated carbocycles. The molecule has 4 aliphatic rings. The van der Waals surface area contributed by atoms with Gasteiger partial charge < -0.3 is 9.90 Å². The van der Waals surface area contributed by atoms with Gasteiger partial charge in [0.15, 0.2) is 0 Å². The molecular formula is C24H40O2. The van der Waals surface area contributed by atoms with Crippen LogP contribution in [0.4, 0.5) is 0 Å². The molecule has 0 aromatic carbocycles. The molecule has 0 aromatic rings. The summed E-state index contributed by atoms with van der Waals surface area (Å²) in [5.41, 5.74) is 0.446. The van der Waals surface area contributed by atoms with Gasteiger partial charge in [-0.05, 0) is 105 Å². The average Bonchev–Trinajstić information content (AvgIpc) is 2.99. The molecular weight excluding hydrogens is 320 g/mol. The summed E-state index contributed by atoms with van der Waals surface area (Å²) in [6.07, 6.45) is 13.4. The second kappa shape index (κ2) is 6.33. The highest BCUT2D eigenvalue weighted by Crippen LogP contribution is 2.68. The third-order valence-corrected chi connectivity index (χ3v) is 10.4. The lowest BCUT2D eigenvalue weighted by molar-refractivity contribution is -0.153. The van der Waals surface area contributed by atoms with E-state index in [0.29, 0.717) is 16.7 Å². The van der Waals surface area contributed by atoms with Crippen LogP contribution in [0.5, 0.6) is 0 Å². The molecule has 148 valence electrons. The van der Waals surface area contributed by atoms with E-state index < -0.39 is 5.60 Å². The highest BCUT2D eigenvalue weighted by atomic mass is 16.3. The van der Waals surface area contributed by atoms with E-state index in [9.17, 15) is 9.90 Å². The van der Waals surface area contributed by atoms with Gasteiger partial charge in [-0.25, -0.2) is 0 Å². The van der Waals surface area contributed by atoms with Crippen LogP contribution in [0.1, 0.15) is 91.9 Å². The second-order valence-corrected chi connectivity index (χ2v) is 11.2. The molecule has 0 saturated heterocycles. The van der Waals surface area contributed by atoms with Crippen LogP contribution >= 0.6 is 0 Å². The fourth-order valence-corrected chi connectivity index (χ4v) is 8.64. The van der Waals surface area contributed by atoms with Gasteiger partial charge in [0, 0.05) is 5.92 Å². The molecule has 4 aliphatic carbocycles. The largest absolute Gasteiger partial charge is 0.390 e. The van der Waals surface area contributed by atoms with Gasteiger partial charge in [0.1, 0.15) is 6.29 Å². The van der Waals surface area contributed by atoms with Crippen molar-refractivity contribution in [2.24, 2.45) is 46.3 Å². The normalized spacial score (nSPS) is 54.7. The zero-order valence-corrected chi connectivity index (χ0v) is 17.5. The van der Waals surface area contributed by atoms with Crippen LogP contribution in [0.2, 0.25) is 0 Å². The zero-order valence-electron chi connectivity index (χ0n) is 17.5. The van der Waals surface area contributed by atoms with Crippen molar-refractivity contribution < 1.29 is 9.90 Å². The molecule has 0 bridgehead atoms. The standard InChI is InChI=1S/C24H40O2/c1-5-24(26)13-12-22(3)17(14-24)6-7-18-20-9-8-19(16(2)15-25)23(20,4)11-10-21(18)22/h15-21,26H,5-14H2,1-4H3/t16-,17+,18-,19+,20-,21-,22-,23+,24+/m0/s1. The molecule has 0 aromatic heterocycles. The molecule has 0 aliphatic heterocycles. The van der Waals surface area contributed by atoms with Crippen molar-refractivity contribution in [2.75, 3.05) is 0 Å². The van der Waals surface area contributed by atoms with E-state index >= 15 is 0 Å². The van der Waals surface area contributed by atoms with E-state index in [0.717, 1.165) is 42.9 Å². The minimum Gasteiger partial charge on any atom is -0.390 e. The quantitative estimate of drug-likeness (QED) is 0.663. The first-order valence-corrected chi connectivity index (χ1v) is 11.4. The van der Waals surface area contributed by atoms with E-state index in [1.165, 1.54) is 51.2 Å². The Hall–Kier alpha value is -0.370. The average molecular weight is 361 g/mol. The number of carbonyl (C=O) groups excluding carboxylic acids is 1. The van der Waals surface area contributed by atoms with E-state index in [2.05, 4.69) is 27.7 Å². The SMILES string of the molecule is CC[C@@]1(O)CC[C@@]2(C)[C@H](CC[C@@H]3[C@@H]2CC[C@]2(C)[C@@H]([C@@H](C)C=O)CC[C@@H]32)C1. The third kappa shape index (κ3) is 2.57. The van der Waals surface area contributed by atoms with Crippen LogP contribution in [0, 0.1) is 46.3 Å². The molecule has 9 atom stereocenters. The monoisotopic (exact) mass is 360 g/mol. The van der Waals surface area contributed by atoms with Crippen molar-refractivity contribution >= 4 is 6.29 Å². The molecule has 0 heterocycles. The van der Waals surface area contributed by atoms with Gasteiger partial charge in [0.25, 0.3) is 0 Å². The Labute approximate surface area is 160 Å². The maximum atomic E-state index is 11.5. The Kier molecular flexibility index (Phi) is 4.61. The van der Waals surface area contributed by atoms with Gasteiger partial charge in [0.2, 0.25) is 0 Å². The summed E-state index contributed by atoms with van der Waals surface area (Å²) in [6.45, 7) is 9.42. The smallest absolute Gasteiger partial charge is 0.123 e. The predicted molar refractivity (Wildman–Crippen MR) is 106 cm³/mol. The van der Waals surface area contributed by atoms with E-state index in [-0.39, 0.29) is 5.92 Å². The lowest BCUT2D eigenvalue weighted by Gasteiger charge is -2.62. The molecule has 0 unspecified atom stereocenters. The Morgan fingerprint density at radius 2 is 1.73 bits per heavy atom. The second-order valence-electron chi connectivity index (χ2n) is 11.2. The minimum atomic E-state index is -0.391. The zero-order chi connectivity index (χ0) is 18.7. The number of hydrogen-bond donors (Lipinski definition) is 1. The van der Waals surface area contributed by atoms with Crippen LogP contribution in [0.3, 0.4) is 0 Å². The lowest BCUT2D eigenvalue weighted by Crippen LogP contribution is -2.56. The van der Waals surface area contributed by atoms with Gasteiger partial charge in [-0.15, -0.1) is 0 Å². The van der Waals surface area contributed by atoms with Gasteiger partial charge in [0.05, 0.1) is 5.60 Å². The minimum absolute atomic E-state index is 0.225. The first-order valence-electron chi connectivity index (χ1n) is 11.4. The summed E-state index contributed by atoms with van der Waals surface area (Å²) in [4.78, 5) is 11.5. The first-order chi connectivity index (χ1) is 12.3. The molecule has 4 fully saturated rings. The summed E-state index contributed by atoms with van der Waals surface area (Å²) in [5.74, 6) is 4.10. The Morgan fingerprint density at radius 3 is 2.42 bits per heavy atom. The van der Waals surface area contributed by atoms with Crippen LogP contribution < -0.4 is 0 Å². The molecule has 1 N–H and O–H groups in total. The Morgan fingerprint density at radius 1 is 1.00 bits per heavy atom. The van der Waals surface area contributed by atoms with E-state index in [4.69, 9.17) is 0 Å². The maximum Gasteiger partial charge on any atom is 0.123 e. The first kappa shape index (κ1) is 19.0. The molecule has 2 heteroatoms. The number of carbonyl (C=O) groups is 1. The maximum absolute atomic E-state index is 11.5.